The molecule has 3 rings (SSSR count). The van der Waals surface area contributed by atoms with Crippen molar-refractivity contribution in [3.05, 3.63) is 65.6 Å². The predicted octanol–water partition coefficient (Wildman–Crippen LogP) is 3.86. The fourth-order valence-electron chi connectivity index (χ4n) is 2.45. The van der Waals surface area contributed by atoms with Gasteiger partial charge in [-0.2, -0.15) is 0 Å². The second-order valence-electron chi connectivity index (χ2n) is 4.88. The average Bonchev–Trinajstić information content (AvgIpc) is 2.94. The molecule has 0 spiro atoms. The van der Waals surface area contributed by atoms with E-state index in [1.165, 1.54) is 22.4 Å². The van der Waals surface area contributed by atoms with Gasteiger partial charge < -0.3 is 4.98 Å². The molecule has 0 aromatic heterocycles. The smallest absolute Gasteiger partial charge is 0.0928 e. The average molecular weight is 250 g/mol. The number of rotatable bonds is 4. The van der Waals surface area contributed by atoms with Crippen molar-refractivity contribution in [2.24, 2.45) is 0 Å². The summed E-state index contributed by atoms with van der Waals surface area (Å²) >= 11 is 0. The van der Waals surface area contributed by atoms with Gasteiger partial charge in [-0.15, -0.1) is 0 Å². The third kappa shape index (κ3) is 2.53. The number of benzene rings is 1. The third-order valence-corrected chi connectivity index (χ3v) is 3.66. The topological polar surface area (TPSA) is 28.7 Å². The van der Waals surface area contributed by atoms with Crippen LogP contribution in [0.2, 0.25) is 0 Å². The number of aryl methyl sites for hydroxylation is 3. The van der Waals surface area contributed by atoms with Crippen molar-refractivity contribution in [2.75, 3.05) is 0 Å². The number of aromatic amines is 1. The molecule has 0 fully saturated rings. The number of hydrogen-bond donors (Lipinski definition) is 1. The third-order valence-electron chi connectivity index (χ3n) is 3.66. The number of H-pyrrole nitrogens is 1. The second-order valence-corrected chi connectivity index (χ2v) is 4.88. The molecule has 0 saturated carbocycles. The maximum atomic E-state index is 4.32. The summed E-state index contributed by atoms with van der Waals surface area (Å²) in [6, 6.07) is 15.2. The quantitative estimate of drug-likeness (QED) is 0.748. The molecule has 2 aliphatic rings. The molecule has 19 heavy (non-hydrogen) atoms. The molecule has 1 aromatic carbocycles. The zero-order valence-corrected chi connectivity index (χ0v) is 11.2. The van der Waals surface area contributed by atoms with E-state index in [-0.39, 0.29) is 0 Å². The molecular formula is C17H18N2. The van der Waals surface area contributed by atoms with Crippen molar-refractivity contribution in [3.63, 3.8) is 0 Å². The highest BCUT2D eigenvalue weighted by molar-refractivity contribution is 5.64. The van der Waals surface area contributed by atoms with Gasteiger partial charge in [-0.05, 0) is 36.5 Å². The lowest BCUT2D eigenvalue weighted by Crippen LogP contribution is -1.98. The van der Waals surface area contributed by atoms with Crippen LogP contribution in [0.5, 0.6) is 0 Å². The van der Waals surface area contributed by atoms with Gasteiger partial charge in [0.2, 0.25) is 0 Å². The van der Waals surface area contributed by atoms with E-state index in [9.17, 15) is 0 Å². The van der Waals surface area contributed by atoms with Crippen LogP contribution in [-0.2, 0) is 19.3 Å². The van der Waals surface area contributed by atoms with Gasteiger partial charge in [-0.3, -0.25) is 0 Å². The standard InChI is InChI=1S/C17H18N2/c1-2-13-6-8-14(9-7-13)10-11-17-15-4-3-5-16(15)18-12-19-17/h3-9,12H,2,10-11H2,1H3,(H,18,19). The maximum absolute atomic E-state index is 4.32. The van der Waals surface area contributed by atoms with Gasteiger partial charge >= 0.3 is 0 Å². The number of nitrogens with one attached hydrogen (secondary N) is 1. The van der Waals surface area contributed by atoms with E-state index in [0.717, 1.165) is 25.0 Å². The molecular weight excluding hydrogens is 232 g/mol. The Morgan fingerprint density at radius 1 is 0.947 bits per heavy atom. The van der Waals surface area contributed by atoms with E-state index in [4.69, 9.17) is 0 Å². The predicted molar refractivity (Wildman–Crippen MR) is 78.4 cm³/mol. The molecule has 0 amide bonds. The van der Waals surface area contributed by atoms with Crippen molar-refractivity contribution >= 4 is 0 Å². The molecule has 0 bridgehead atoms. The summed E-state index contributed by atoms with van der Waals surface area (Å²) in [6.45, 7) is 2.19. The molecule has 1 heterocycles. The fourth-order valence-corrected chi connectivity index (χ4v) is 2.45. The van der Waals surface area contributed by atoms with Crippen molar-refractivity contribution < 1.29 is 0 Å². The van der Waals surface area contributed by atoms with Crippen LogP contribution in [0.15, 0.2) is 48.8 Å². The zero-order valence-electron chi connectivity index (χ0n) is 11.2. The van der Waals surface area contributed by atoms with Crippen molar-refractivity contribution in [1.29, 1.82) is 0 Å². The van der Waals surface area contributed by atoms with Crippen LogP contribution < -0.4 is 0 Å². The van der Waals surface area contributed by atoms with Crippen LogP contribution in [0, 0.1) is 0 Å². The maximum Gasteiger partial charge on any atom is 0.0928 e. The largest absolute Gasteiger partial charge is 0.349 e. The van der Waals surface area contributed by atoms with Gasteiger partial charge in [-0.25, -0.2) is 4.98 Å². The van der Waals surface area contributed by atoms with Gasteiger partial charge in [0.15, 0.2) is 0 Å². The highest BCUT2D eigenvalue weighted by atomic mass is 14.8. The fraction of sp³-hybridized carbons (Fsp3) is 0.235. The summed E-state index contributed by atoms with van der Waals surface area (Å²) in [5, 5.41) is 0. The lowest BCUT2D eigenvalue weighted by atomic mass is 10.0. The van der Waals surface area contributed by atoms with Gasteiger partial charge in [0, 0.05) is 11.3 Å². The summed E-state index contributed by atoms with van der Waals surface area (Å²) in [7, 11) is 0. The molecule has 0 saturated heterocycles. The normalized spacial score (nSPS) is 11.0. The van der Waals surface area contributed by atoms with Crippen LogP contribution >= 0.6 is 0 Å². The first-order valence-corrected chi connectivity index (χ1v) is 6.85. The molecule has 2 nitrogen and oxygen atoms in total. The molecule has 0 atom stereocenters. The van der Waals surface area contributed by atoms with Gasteiger partial charge in [0.25, 0.3) is 0 Å². The van der Waals surface area contributed by atoms with Crippen molar-refractivity contribution in [3.8, 4) is 11.3 Å². The summed E-state index contributed by atoms with van der Waals surface area (Å²) < 4.78 is 0. The molecule has 96 valence electrons. The molecule has 1 aliphatic carbocycles. The second kappa shape index (κ2) is 5.27. The first-order valence-electron chi connectivity index (χ1n) is 6.85. The SMILES string of the molecule is CCc1ccc(CCc2[nH]cnc3cccc2-3)cc1. The van der Waals surface area contributed by atoms with Crippen LogP contribution in [0.25, 0.3) is 11.3 Å². The van der Waals surface area contributed by atoms with E-state index in [1.54, 1.807) is 6.33 Å². The van der Waals surface area contributed by atoms with Gasteiger partial charge in [0.05, 0.1) is 12.0 Å². The van der Waals surface area contributed by atoms with E-state index >= 15 is 0 Å². The van der Waals surface area contributed by atoms with Crippen molar-refractivity contribution in [1.82, 2.24) is 9.97 Å². The summed E-state index contributed by atoms with van der Waals surface area (Å²) in [6.07, 6.45) is 4.98. The summed E-state index contributed by atoms with van der Waals surface area (Å²) in [5.74, 6) is 0. The molecule has 1 N–H and O–H groups in total. The highest BCUT2D eigenvalue weighted by Gasteiger charge is 2.08. The number of fused-ring (bicyclic) bond motifs is 1. The minimum absolute atomic E-state index is 1.02. The monoisotopic (exact) mass is 250 g/mol. The number of nitrogens with zero attached hydrogens (tertiary/aromatic N) is 1. The Hall–Kier alpha value is -2.09. The van der Waals surface area contributed by atoms with Crippen LogP contribution in [0.1, 0.15) is 23.7 Å². The lowest BCUT2D eigenvalue weighted by molar-refractivity contribution is 0.902. The zero-order chi connectivity index (χ0) is 13.1. The highest BCUT2D eigenvalue weighted by Crippen LogP contribution is 2.23. The molecule has 0 radical (unpaired) electrons. The van der Waals surface area contributed by atoms with Crippen LogP contribution in [0.4, 0.5) is 0 Å². The number of hydrogen-bond acceptors (Lipinski definition) is 1. The van der Waals surface area contributed by atoms with E-state index in [2.05, 4.69) is 59.4 Å². The van der Waals surface area contributed by atoms with E-state index in [1.807, 2.05) is 0 Å². The Morgan fingerprint density at radius 2 is 1.74 bits per heavy atom. The Balaban J connectivity index is 1.73. The first kappa shape index (κ1) is 12.0. The molecule has 1 aromatic rings. The molecule has 1 aliphatic heterocycles. The van der Waals surface area contributed by atoms with Gasteiger partial charge in [0.1, 0.15) is 0 Å². The minimum atomic E-state index is 1.02. The van der Waals surface area contributed by atoms with Crippen LogP contribution in [-0.4, -0.2) is 9.97 Å². The Bertz CT molecular complexity index is 622. The summed E-state index contributed by atoms with van der Waals surface area (Å²) in [5.41, 5.74) is 6.39. The number of aromatic nitrogens is 2. The van der Waals surface area contributed by atoms with E-state index < -0.39 is 0 Å². The first-order chi connectivity index (χ1) is 9.36. The minimum Gasteiger partial charge on any atom is -0.349 e. The van der Waals surface area contributed by atoms with Crippen molar-refractivity contribution in [2.45, 2.75) is 26.2 Å². The van der Waals surface area contributed by atoms with E-state index in [0.29, 0.717) is 0 Å². The molecule has 0 unspecified atom stereocenters. The van der Waals surface area contributed by atoms with Gasteiger partial charge in [-0.1, -0.05) is 43.3 Å². The Kier molecular flexibility index (Phi) is 3.32. The molecule has 2 heteroatoms. The summed E-state index contributed by atoms with van der Waals surface area (Å²) in [4.78, 5) is 7.60. The van der Waals surface area contributed by atoms with Crippen LogP contribution in [0.3, 0.4) is 0 Å². The lowest BCUT2D eigenvalue weighted by Gasteiger charge is -2.08. The Labute approximate surface area is 113 Å². The Morgan fingerprint density at radius 3 is 2.53 bits per heavy atom.